The second-order valence-electron chi connectivity index (χ2n) is 6.30. The van der Waals surface area contributed by atoms with E-state index in [-0.39, 0.29) is 16.8 Å². The molecule has 0 aliphatic heterocycles. The van der Waals surface area contributed by atoms with Gasteiger partial charge in [-0.05, 0) is 37.1 Å². The minimum Gasteiger partial charge on any atom is -0.368 e. The number of nitrogens with zero attached hydrogens (tertiary/aromatic N) is 3. The van der Waals surface area contributed by atoms with Crippen LogP contribution in [0.1, 0.15) is 25.0 Å². The number of aromatic nitrogens is 5. The minimum absolute atomic E-state index is 0.219. The van der Waals surface area contributed by atoms with Crippen molar-refractivity contribution in [2.45, 2.75) is 24.7 Å². The Bertz CT molecular complexity index is 929. The summed E-state index contributed by atoms with van der Waals surface area (Å²) in [6.45, 7) is 0.552. The summed E-state index contributed by atoms with van der Waals surface area (Å²) in [6.07, 6.45) is 4.47. The first-order valence-corrected chi connectivity index (χ1v) is 8.13. The number of halogens is 1. The molecule has 0 saturated heterocycles. The number of H-pyrrole nitrogens is 2. The molecule has 1 aliphatic rings. The Morgan fingerprint density at radius 2 is 2.08 bits per heavy atom. The zero-order chi connectivity index (χ0) is 17.3. The Kier molecular flexibility index (Phi) is 3.79. The average Bonchev–Trinajstić information content (AvgIpc) is 3.02. The number of anilines is 1. The second-order valence-corrected chi connectivity index (χ2v) is 6.30. The van der Waals surface area contributed by atoms with Gasteiger partial charge in [0.1, 0.15) is 17.3 Å². The molecule has 128 valence electrons. The molecule has 0 amide bonds. The lowest BCUT2D eigenvalue weighted by molar-refractivity contribution is 0.243. The molecular weight excluding hydrogens is 323 g/mol. The molecule has 1 fully saturated rings. The van der Waals surface area contributed by atoms with Crippen LogP contribution in [0.2, 0.25) is 0 Å². The van der Waals surface area contributed by atoms with Gasteiger partial charge in [0.15, 0.2) is 0 Å². The molecule has 4 rings (SSSR count). The van der Waals surface area contributed by atoms with Crippen LogP contribution < -0.4 is 10.9 Å². The van der Waals surface area contributed by atoms with Crippen LogP contribution in [0, 0.1) is 5.82 Å². The van der Waals surface area contributed by atoms with E-state index in [1.54, 1.807) is 24.4 Å². The molecular formula is C17H17FN6O. The van der Waals surface area contributed by atoms with Crippen LogP contribution in [0.4, 0.5) is 10.2 Å². The van der Waals surface area contributed by atoms with Crippen molar-refractivity contribution in [3.8, 4) is 11.4 Å². The molecule has 1 saturated carbocycles. The lowest BCUT2D eigenvalue weighted by Crippen LogP contribution is -2.42. The Hall–Kier alpha value is -3.03. The van der Waals surface area contributed by atoms with E-state index in [0.717, 1.165) is 19.3 Å². The van der Waals surface area contributed by atoms with Crippen molar-refractivity contribution in [2.75, 3.05) is 11.9 Å². The van der Waals surface area contributed by atoms with E-state index < -0.39 is 0 Å². The number of rotatable bonds is 5. The Labute approximate surface area is 142 Å². The highest BCUT2D eigenvalue weighted by molar-refractivity contribution is 5.54. The van der Waals surface area contributed by atoms with Gasteiger partial charge in [-0.25, -0.2) is 4.39 Å². The van der Waals surface area contributed by atoms with Crippen LogP contribution in [0.25, 0.3) is 11.4 Å². The van der Waals surface area contributed by atoms with E-state index in [1.165, 1.54) is 12.1 Å². The smallest absolute Gasteiger partial charge is 0.264 e. The molecule has 0 radical (unpaired) electrons. The molecule has 3 heterocycles. The van der Waals surface area contributed by atoms with Crippen molar-refractivity contribution >= 4 is 5.82 Å². The van der Waals surface area contributed by atoms with Crippen molar-refractivity contribution in [3.05, 3.63) is 58.4 Å². The highest BCUT2D eigenvalue weighted by atomic mass is 19.1. The van der Waals surface area contributed by atoms with Gasteiger partial charge in [-0.2, -0.15) is 0 Å². The summed E-state index contributed by atoms with van der Waals surface area (Å²) in [4.78, 5) is 15.4. The molecule has 3 aromatic heterocycles. The van der Waals surface area contributed by atoms with E-state index in [2.05, 4.69) is 30.7 Å². The maximum Gasteiger partial charge on any atom is 0.264 e. The molecule has 0 aromatic carbocycles. The van der Waals surface area contributed by atoms with E-state index in [1.807, 2.05) is 0 Å². The van der Waals surface area contributed by atoms with Crippen molar-refractivity contribution in [2.24, 2.45) is 0 Å². The van der Waals surface area contributed by atoms with Gasteiger partial charge in [0.25, 0.3) is 5.56 Å². The fourth-order valence-corrected chi connectivity index (χ4v) is 3.18. The molecule has 0 spiro atoms. The number of nitrogens with one attached hydrogen (secondary N) is 3. The molecule has 1 aliphatic carbocycles. The largest absolute Gasteiger partial charge is 0.368 e. The summed E-state index contributed by atoms with van der Waals surface area (Å²) in [5.41, 5.74) is 1.15. The van der Waals surface area contributed by atoms with Crippen LogP contribution in [0.5, 0.6) is 0 Å². The van der Waals surface area contributed by atoms with Crippen molar-refractivity contribution in [1.29, 1.82) is 0 Å². The SMILES string of the molecule is O=c1cc(-c2ccc(NCC3(c4ncccc4F)CCC3)nn2)[nH][nH]1. The highest BCUT2D eigenvalue weighted by Crippen LogP contribution is 2.43. The first-order chi connectivity index (χ1) is 12.2. The van der Waals surface area contributed by atoms with Crippen LogP contribution in [0.3, 0.4) is 0 Å². The number of hydrogen-bond donors (Lipinski definition) is 3. The molecule has 3 aromatic rings. The Balaban J connectivity index is 1.49. The van der Waals surface area contributed by atoms with Crippen LogP contribution >= 0.6 is 0 Å². The van der Waals surface area contributed by atoms with Gasteiger partial charge >= 0.3 is 0 Å². The van der Waals surface area contributed by atoms with E-state index in [0.29, 0.717) is 29.4 Å². The lowest BCUT2D eigenvalue weighted by atomic mass is 9.66. The highest BCUT2D eigenvalue weighted by Gasteiger charge is 2.41. The third-order valence-electron chi connectivity index (χ3n) is 4.72. The monoisotopic (exact) mass is 340 g/mol. The molecule has 25 heavy (non-hydrogen) atoms. The maximum absolute atomic E-state index is 14.1. The molecule has 0 atom stereocenters. The molecule has 0 bridgehead atoms. The predicted octanol–water partition coefficient (Wildman–Crippen LogP) is 2.23. The molecule has 3 N–H and O–H groups in total. The Morgan fingerprint density at radius 3 is 2.68 bits per heavy atom. The van der Waals surface area contributed by atoms with Gasteiger partial charge in [0.05, 0.1) is 11.4 Å². The average molecular weight is 340 g/mol. The van der Waals surface area contributed by atoms with Crippen molar-refractivity contribution < 1.29 is 4.39 Å². The van der Waals surface area contributed by atoms with Crippen molar-refractivity contribution in [1.82, 2.24) is 25.4 Å². The fraction of sp³-hybridized carbons (Fsp3) is 0.294. The summed E-state index contributed by atoms with van der Waals surface area (Å²) in [7, 11) is 0. The summed E-state index contributed by atoms with van der Waals surface area (Å²) in [6, 6.07) is 8.03. The standard InChI is InChI=1S/C17H17FN6O/c18-11-3-1-8-19-16(11)17(6-2-7-17)10-20-14-5-4-12(21-23-14)13-9-15(25)24-22-13/h1,3-5,8-9H,2,6-7,10H2,(H,20,23)(H2,22,24,25). The Morgan fingerprint density at radius 1 is 1.20 bits per heavy atom. The van der Waals surface area contributed by atoms with E-state index in [4.69, 9.17) is 0 Å². The normalized spacial score (nSPS) is 15.6. The van der Waals surface area contributed by atoms with Gasteiger partial charge in [-0.3, -0.25) is 20.0 Å². The van der Waals surface area contributed by atoms with E-state index >= 15 is 0 Å². The summed E-state index contributed by atoms with van der Waals surface area (Å²) in [5.74, 6) is 0.339. The van der Waals surface area contributed by atoms with Gasteiger partial charge < -0.3 is 5.32 Å². The summed E-state index contributed by atoms with van der Waals surface area (Å²) >= 11 is 0. The van der Waals surface area contributed by atoms with Gasteiger partial charge in [-0.1, -0.05) is 6.42 Å². The topological polar surface area (TPSA) is 99.3 Å². The third-order valence-corrected chi connectivity index (χ3v) is 4.72. The third kappa shape index (κ3) is 2.90. The van der Waals surface area contributed by atoms with Gasteiger partial charge in [0.2, 0.25) is 0 Å². The predicted molar refractivity (Wildman–Crippen MR) is 90.7 cm³/mol. The lowest BCUT2D eigenvalue weighted by Gasteiger charge is -2.41. The zero-order valence-corrected chi connectivity index (χ0v) is 13.4. The number of aromatic amines is 2. The molecule has 7 nitrogen and oxygen atoms in total. The second kappa shape index (κ2) is 6.12. The van der Waals surface area contributed by atoms with Gasteiger partial charge in [-0.15, -0.1) is 10.2 Å². The van der Waals surface area contributed by atoms with E-state index in [9.17, 15) is 9.18 Å². The van der Waals surface area contributed by atoms with Gasteiger partial charge in [0, 0.05) is 24.2 Å². The molecule has 0 unspecified atom stereocenters. The first kappa shape index (κ1) is 15.5. The quantitative estimate of drug-likeness (QED) is 0.661. The zero-order valence-electron chi connectivity index (χ0n) is 13.4. The molecule has 8 heteroatoms. The van der Waals surface area contributed by atoms with Crippen LogP contribution in [0.15, 0.2) is 41.3 Å². The van der Waals surface area contributed by atoms with Crippen molar-refractivity contribution in [3.63, 3.8) is 0 Å². The fourth-order valence-electron chi connectivity index (χ4n) is 3.18. The number of pyridine rings is 1. The van der Waals surface area contributed by atoms with Crippen LogP contribution in [-0.4, -0.2) is 31.9 Å². The maximum atomic E-state index is 14.1. The van der Waals surface area contributed by atoms with Crippen LogP contribution in [-0.2, 0) is 5.41 Å². The number of hydrogen-bond acceptors (Lipinski definition) is 5. The first-order valence-electron chi connectivity index (χ1n) is 8.13. The summed E-state index contributed by atoms with van der Waals surface area (Å²) < 4.78 is 14.1. The minimum atomic E-state index is -0.294. The summed E-state index contributed by atoms with van der Waals surface area (Å²) in [5, 5.41) is 16.7.